The summed E-state index contributed by atoms with van der Waals surface area (Å²) in [4.78, 5) is 0. The molecule has 21 heavy (non-hydrogen) atoms. The summed E-state index contributed by atoms with van der Waals surface area (Å²) in [5.74, 6) is 2.31. The molecular formula is C20H32O. The van der Waals surface area contributed by atoms with E-state index in [1.165, 1.54) is 50.5 Å². The molecule has 0 saturated heterocycles. The monoisotopic (exact) mass is 288 g/mol. The summed E-state index contributed by atoms with van der Waals surface area (Å²) in [5, 5.41) is 10.0. The highest BCUT2D eigenvalue weighted by Gasteiger charge is 2.56. The van der Waals surface area contributed by atoms with Gasteiger partial charge in [0.15, 0.2) is 0 Å². The van der Waals surface area contributed by atoms with E-state index in [1.807, 2.05) is 0 Å². The minimum Gasteiger partial charge on any atom is -0.396 e. The lowest BCUT2D eigenvalue weighted by Gasteiger charge is -2.61. The van der Waals surface area contributed by atoms with Crippen LogP contribution in [0, 0.1) is 28.6 Å². The smallest absolute Gasteiger partial charge is 0.0487 e. The van der Waals surface area contributed by atoms with Crippen LogP contribution in [0.5, 0.6) is 0 Å². The Morgan fingerprint density at radius 3 is 2.67 bits per heavy atom. The minimum absolute atomic E-state index is 0.161. The molecule has 2 saturated carbocycles. The molecule has 1 heteroatoms. The molecular weight excluding hydrogens is 256 g/mol. The van der Waals surface area contributed by atoms with Crippen molar-refractivity contribution in [3.63, 3.8) is 0 Å². The predicted octanol–water partition coefficient (Wildman–Crippen LogP) is 5.11. The fraction of sp³-hybridized carbons (Fsp3) is 0.800. The van der Waals surface area contributed by atoms with Gasteiger partial charge in [-0.15, -0.1) is 0 Å². The van der Waals surface area contributed by atoms with E-state index in [9.17, 15) is 5.11 Å². The predicted molar refractivity (Wildman–Crippen MR) is 89.0 cm³/mol. The molecule has 0 spiro atoms. The maximum atomic E-state index is 10.0. The molecule has 3 aliphatic rings. The van der Waals surface area contributed by atoms with E-state index >= 15 is 0 Å². The third kappa shape index (κ3) is 2.15. The molecule has 5 atom stereocenters. The van der Waals surface area contributed by atoms with Crippen LogP contribution in [-0.4, -0.2) is 11.7 Å². The highest BCUT2D eigenvalue weighted by Crippen LogP contribution is 2.64. The molecule has 1 unspecified atom stereocenters. The maximum absolute atomic E-state index is 10.0. The average molecular weight is 288 g/mol. The van der Waals surface area contributed by atoms with Gasteiger partial charge >= 0.3 is 0 Å². The maximum Gasteiger partial charge on any atom is 0.0487 e. The van der Waals surface area contributed by atoms with Gasteiger partial charge in [0.25, 0.3) is 0 Å². The van der Waals surface area contributed by atoms with Crippen LogP contribution in [0.2, 0.25) is 0 Å². The van der Waals surface area contributed by atoms with Gasteiger partial charge < -0.3 is 5.11 Å². The third-order valence-corrected chi connectivity index (χ3v) is 7.59. The van der Waals surface area contributed by atoms with Crippen LogP contribution in [0.15, 0.2) is 23.8 Å². The van der Waals surface area contributed by atoms with Crippen molar-refractivity contribution in [3.8, 4) is 0 Å². The van der Waals surface area contributed by atoms with Gasteiger partial charge in [-0.1, -0.05) is 38.5 Å². The molecule has 0 radical (unpaired) electrons. The molecule has 1 nitrogen and oxygen atoms in total. The van der Waals surface area contributed by atoms with E-state index in [-0.39, 0.29) is 5.41 Å². The number of aliphatic hydroxyl groups excluding tert-OH is 1. The summed E-state index contributed by atoms with van der Waals surface area (Å²) in [6.45, 7) is 11.6. The second-order valence-electron chi connectivity index (χ2n) is 8.47. The average Bonchev–Trinajstić information content (AvgIpc) is 2.48. The Morgan fingerprint density at radius 2 is 2.00 bits per heavy atom. The standard InChI is InChI=1S/C20H32O/c1-5-15-7-9-17-16(14(15)2)8-10-18-19(3,13-21)11-6-12-20(17,18)4/h5,16-18,21H,1,6-13H2,2-4H3/t16-,17-,18?,19-,20+/m0/s1. The molecule has 0 aromatic rings. The van der Waals surface area contributed by atoms with Gasteiger partial charge in [0.2, 0.25) is 0 Å². The van der Waals surface area contributed by atoms with Gasteiger partial charge in [0.1, 0.15) is 0 Å². The van der Waals surface area contributed by atoms with Crippen LogP contribution in [0.4, 0.5) is 0 Å². The lowest BCUT2D eigenvalue weighted by atomic mass is 9.44. The number of rotatable bonds is 2. The van der Waals surface area contributed by atoms with E-state index in [0.29, 0.717) is 17.9 Å². The molecule has 0 heterocycles. The van der Waals surface area contributed by atoms with Crippen molar-refractivity contribution in [2.45, 2.75) is 65.7 Å². The fourth-order valence-electron chi connectivity index (χ4n) is 6.39. The number of allylic oxidation sites excluding steroid dienone is 3. The van der Waals surface area contributed by atoms with Gasteiger partial charge in [0, 0.05) is 6.61 Å². The highest BCUT2D eigenvalue weighted by molar-refractivity contribution is 5.29. The van der Waals surface area contributed by atoms with Crippen molar-refractivity contribution in [2.24, 2.45) is 28.6 Å². The van der Waals surface area contributed by atoms with E-state index in [2.05, 4.69) is 33.4 Å². The Morgan fingerprint density at radius 1 is 1.24 bits per heavy atom. The highest BCUT2D eigenvalue weighted by atomic mass is 16.3. The van der Waals surface area contributed by atoms with E-state index in [0.717, 1.165) is 11.8 Å². The van der Waals surface area contributed by atoms with E-state index < -0.39 is 0 Å². The Kier molecular flexibility index (Phi) is 3.84. The molecule has 0 amide bonds. The van der Waals surface area contributed by atoms with Crippen molar-refractivity contribution < 1.29 is 5.11 Å². The summed E-state index contributed by atoms with van der Waals surface area (Å²) in [7, 11) is 0. The first-order valence-corrected chi connectivity index (χ1v) is 8.89. The first-order valence-electron chi connectivity index (χ1n) is 8.89. The SMILES string of the molecule is C=CC1=C(C)[C@@H]2CCC3[C@](C)(CO)CCC[C@]3(C)[C@H]2CC1. The number of fused-ring (bicyclic) bond motifs is 3. The van der Waals surface area contributed by atoms with Crippen LogP contribution in [0.1, 0.15) is 65.7 Å². The van der Waals surface area contributed by atoms with Crippen LogP contribution >= 0.6 is 0 Å². The normalized spacial score (nSPS) is 46.8. The van der Waals surface area contributed by atoms with Crippen molar-refractivity contribution in [3.05, 3.63) is 23.8 Å². The molecule has 3 aliphatic carbocycles. The molecule has 0 aromatic carbocycles. The van der Waals surface area contributed by atoms with Gasteiger partial charge in [-0.05, 0) is 79.6 Å². The van der Waals surface area contributed by atoms with Gasteiger partial charge in [-0.2, -0.15) is 0 Å². The molecule has 0 aromatic heterocycles. The lowest BCUT2D eigenvalue weighted by Crippen LogP contribution is -2.54. The van der Waals surface area contributed by atoms with Gasteiger partial charge in [-0.3, -0.25) is 0 Å². The molecule has 2 fully saturated rings. The first kappa shape index (κ1) is 15.3. The zero-order valence-corrected chi connectivity index (χ0v) is 14.1. The molecule has 0 aliphatic heterocycles. The molecule has 3 rings (SSSR count). The topological polar surface area (TPSA) is 20.2 Å². The molecule has 1 N–H and O–H groups in total. The second-order valence-corrected chi connectivity index (χ2v) is 8.47. The van der Waals surface area contributed by atoms with Crippen molar-refractivity contribution in [1.29, 1.82) is 0 Å². The molecule has 118 valence electrons. The summed E-state index contributed by atoms with van der Waals surface area (Å²) in [6.07, 6.45) is 11.1. The van der Waals surface area contributed by atoms with Crippen LogP contribution in [-0.2, 0) is 0 Å². The van der Waals surface area contributed by atoms with Gasteiger partial charge in [-0.25, -0.2) is 0 Å². The zero-order chi connectivity index (χ0) is 15.3. The summed E-state index contributed by atoms with van der Waals surface area (Å²) in [5.41, 5.74) is 3.73. The molecule has 0 bridgehead atoms. The van der Waals surface area contributed by atoms with Crippen molar-refractivity contribution in [1.82, 2.24) is 0 Å². The van der Waals surface area contributed by atoms with Gasteiger partial charge in [0.05, 0.1) is 0 Å². The Labute approximate surface area is 130 Å². The number of hydrogen-bond donors (Lipinski definition) is 1. The van der Waals surface area contributed by atoms with Crippen molar-refractivity contribution >= 4 is 0 Å². The quantitative estimate of drug-likeness (QED) is 0.748. The largest absolute Gasteiger partial charge is 0.396 e. The summed E-state index contributed by atoms with van der Waals surface area (Å²) < 4.78 is 0. The second kappa shape index (κ2) is 5.26. The number of aliphatic hydroxyl groups is 1. The van der Waals surface area contributed by atoms with E-state index in [1.54, 1.807) is 5.57 Å². The minimum atomic E-state index is 0.161. The Balaban J connectivity index is 1.96. The zero-order valence-electron chi connectivity index (χ0n) is 14.1. The number of hydrogen-bond acceptors (Lipinski definition) is 1. The summed E-state index contributed by atoms with van der Waals surface area (Å²) >= 11 is 0. The lowest BCUT2D eigenvalue weighted by molar-refractivity contribution is -0.118. The summed E-state index contributed by atoms with van der Waals surface area (Å²) in [6, 6.07) is 0. The Hall–Kier alpha value is -0.560. The fourth-order valence-corrected chi connectivity index (χ4v) is 6.39. The van der Waals surface area contributed by atoms with Crippen LogP contribution in [0.3, 0.4) is 0 Å². The Bertz CT molecular complexity index is 462. The first-order chi connectivity index (χ1) is 9.96. The van der Waals surface area contributed by atoms with Crippen LogP contribution in [0.25, 0.3) is 0 Å². The van der Waals surface area contributed by atoms with E-state index in [4.69, 9.17) is 0 Å². The third-order valence-electron chi connectivity index (χ3n) is 7.59. The van der Waals surface area contributed by atoms with Crippen molar-refractivity contribution in [2.75, 3.05) is 6.61 Å². The van der Waals surface area contributed by atoms with Crippen LogP contribution < -0.4 is 0 Å².